The first-order valence-electron chi connectivity index (χ1n) is 7.37. The number of benzene rings is 1. The van der Waals surface area contributed by atoms with Gasteiger partial charge in [-0.1, -0.05) is 22.0 Å². The van der Waals surface area contributed by atoms with Crippen LogP contribution < -0.4 is 4.74 Å². The molecular weight excluding hydrogens is 352 g/mol. The molecule has 0 amide bonds. The third-order valence-corrected chi connectivity index (χ3v) is 6.28. The molecule has 3 nitrogen and oxygen atoms in total. The summed E-state index contributed by atoms with van der Waals surface area (Å²) in [6, 6.07) is 5.83. The lowest BCUT2D eigenvalue weighted by Gasteiger charge is -2.39. The Hall–Kier alpha value is -0.230. The maximum absolute atomic E-state index is 10.8. The van der Waals surface area contributed by atoms with Crippen LogP contribution in [0, 0.1) is 5.92 Å². The molecule has 0 radical (unpaired) electrons. The van der Waals surface area contributed by atoms with Gasteiger partial charge in [-0.15, -0.1) is 0 Å². The van der Waals surface area contributed by atoms with E-state index in [-0.39, 0.29) is 11.5 Å². The molecule has 2 saturated heterocycles. The zero-order valence-electron chi connectivity index (χ0n) is 12.2. The Morgan fingerprint density at radius 2 is 2.38 bits per heavy atom. The second kappa shape index (κ2) is 6.49. The number of halogens is 1. The van der Waals surface area contributed by atoms with Gasteiger partial charge >= 0.3 is 0 Å². The van der Waals surface area contributed by atoms with Crippen LogP contribution in [0.4, 0.5) is 0 Å². The molecule has 5 heteroatoms. The van der Waals surface area contributed by atoms with Crippen LogP contribution in [0.25, 0.3) is 0 Å². The van der Waals surface area contributed by atoms with Crippen LogP contribution in [0.5, 0.6) is 5.75 Å². The van der Waals surface area contributed by atoms with Gasteiger partial charge in [-0.3, -0.25) is 0 Å². The molecule has 0 bridgehead atoms. The molecule has 1 N–H and O–H groups in total. The summed E-state index contributed by atoms with van der Waals surface area (Å²) in [5.74, 6) is 3.23. The van der Waals surface area contributed by atoms with Crippen LogP contribution in [0.3, 0.4) is 0 Å². The van der Waals surface area contributed by atoms with Gasteiger partial charge in [0.05, 0.1) is 18.8 Å². The van der Waals surface area contributed by atoms with Gasteiger partial charge in [0.15, 0.2) is 0 Å². The predicted molar refractivity (Wildman–Crippen MR) is 89.0 cm³/mol. The maximum Gasteiger partial charge on any atom is 0.125 e. The Bertz CT molecular complexity index is 502. The fraction of sp³-hybridized carbons (Fsp3) is 0.625. The van der Waals surface area contributed by atoms with Crippen molar-refractivity contribution < 1.29 is 14.6 Å². The van der Waals surface area contributed by atoms with Gasteiger partial charge < -0.3 is 14.6 Å². The van der Waals surface area contributed by atoms with E-state index >= 15 is 0 Å². The molecule has 3 atom stereocenters. The second-order valence-corrected chi connectivity index (χ2v) is 7.94. The van der Waals surface area contributed by atoms with Gasteiger partial charge in [0.2, 0.25) is 0 Å². The van der Waals surface area contributed by atoms with E-state index in [4.69, 9.17) is 9.47 Å². The van der Waals surface area contributed by atoms with Crippen LogP contribution in [-0.2, 0) is 4.74 Å². The molecule has 2 fully saturated rings. The Balaban J connectivity index is 1.79. The normalized spacial score (nSPS) is 30.5. The molecule has 21 heavy (non-hydrogen) atoms. The van der Waals surface area contributed by atoms with Crippen molar-refractivity contribution in [1.29, 1.82) is 0 Å². The number of hydrogen-bond donors (Lipinski definition) is 1. The third-order valence-electron chi connectivity index (χ3n) is 4.56. The molecule has 1 spiro atoms. The van der Waals surface area contributed by atoms with E-state index in [1.54, 1.807) is 7.11 Å². The molecule has 3 rings (SSSR count). The topological polar surface area (TPSA) is 38.7 Å². The summed E-state index contributed by atoms with van der Waals surface area (Å²) in [5, 5.41) is 10.8. The smallest absolute Gasteiger partial charge is 0.125 e. The van der Waals surface area contributed by atoms with Crippen LogP contribution in [-0.4, -0.2) is 35.9 Å². The Labute approximate surface area is 138 Å². The highest BCUT2D eigenvalue weighted by molar-refractivity contribution is 9.10. The van der Waals surface area contributed by atoms with Crippen LogP contribution >= 0.6 is 27.7 Å². The molecule has 2 heterocycles. The Morgan fingerprint density at radius 3 is 3.10 bits per heavy atom. The molecule has 1 aromatic rings. The van der Waals surface area contributed by atoms with Crippen molar-refractivity contribution in [2.24, 2.45) is 5.92 Å². The zero-order valence-corrected chi connectivity index (χ0v) is 14.6. The molecule has 116 valence electrons. The van der Waals surface area contributed by atoms with E-state index < -0.39 is 6.10 Å². The second-order valence-electron chi connectivity index (χ2n) is 5.92. The van der Waals surface area contributed by atoms with E-state index in [2.05, 4.69) is 15.9 Å². The van der Waals surface area contributed by atoms with Gasteiger partial charge in [0.1, 0.15) is 5.75 Å². The predicted octanol–water partition coefficient (Wildman–Crippen LogP) is 3.79. The first-order valence-corrected chi connectivity index (χ1v) is 9.31. The molecule has 1 aromatic carbocycles. The van der Waals surface area contributed by atoms with E-state index in [1.807, 2.05) is 30.0 Å². The summed E-state index contributed by atoms with van der Waals surface area (Å²) in [5.41, 5.74) is 0.880. The Morgan fingerprint density at radius 1 is 1.52 bits per heavy atom. The first-order chi connectivity index (χ1) is 10.1. The summed E-state index contributed by atoms with van der Waals surface area (Å²) in [4.78, 5) is 0. The monoisotopic (exact) mass is 372 g/mol. The quantitative estimate of drug-likeness (QED) is 0.875. The van der Waals surface area contributed by atoms with Crippen LogP contribution in [0.1, 0.15) is 30.9 Å². The van der Waals surface area contributed by atoms with Gasteiger partial charge in [0.25, 0.3) is 0 Å². The molecule has 2 aliphatic rings. The average Bonchev–Trinajstić information content (AvgIpc) is 2.94. The van der Waals surface area contributed by atoms with E-state index in [1.165, 1.54) is 5.75 Å². The fourth-order valence-electron chi connectivity index (χ4n) is 3.38. The molecule has 0 saturated carbocycles. The highest BCUT2D eigenvalue weighted by Crippen LogP contribution is 2.45. The van der Waals surface area contributed by atoms with Crippen molar-refractivity contribution in [3.63, 3.8) is 0 Å². The number of methoxy groups -OCH3 is 1. The Kier molecular flexibility index (Phi) is 4.84. The SMILES string of the molecule is COc1cc(Br)ccc1C(O)C1CCOC2(CCSC2)C1. The van der Waals surface area contributed by atoms with Crippen molar-refractivity contribution in [2.45, 2.75) is 31.0 Å². The molecule has 0 aromatic heterocycles. The lowest BCUT2D eigenvalue weighted by molar-refractivity contribution is -0.102. The highest BCUT2D eigenvalue weighted by atomic mass is 79.9. The average molecular weight is 373 g/mol. The third kappa shape index (κ3) is 3.26. The summed E-state index contributed by atoms with van der Waals surface area (Å²) >= 11 is 5.41. The van der Waals surface area contributed by atoms with Crippen molar-refractivity contribution in [2.75, 3.05) is 25.2 Å². The number of thioether (sulfide) groups is 1. The minimum atomic E-state index is -0.487. The van der Waals surface area contributed by atoms with E-state index in [9.17, 15) is 5.11 Å². The van der Waals surface area contributed by atoms with Gasteiger partial charge in [0, 0.05) is 22.4 Å². The lowest BCUT2D eigenvalue weighted by atomic mass is 9.80. The lowest BCUT2D eigenvalue weighted by Crippen LogP contribution is -2.41. The summed E-state index contributed by atoms with van der Waals surface area (Å²) in [6.07, 6.45) is 2.48. The molecule has 0 aliphatic carbocycles. The highest BCUT2D eigenvalue weighted by Gasteiger charge is 2.42. The number of hydrogen-bond acceptors (Lipinski definition) is 4. The van der Waals surface area contributed by atoms with Gasteiger partial charge in [-0.25, -0.2) is 0 Å². The van der Waals surface area contributed by atoms with Gasteiger partial charge in [-0.05, 0) is 43.1 Å². The first kappa shape index (κ1) is 15.7. The minimum Gasteiger partial charge on any atom is -0.496 e. The standard InChI is InChI=1S/C16H21BrO3S/c1-19-14-8-12(17)2-3-13(14)15(18)11-4-6-20-16(9-11)5-7-21-10-16/h2-3,8,11,15,18H,4-7,9-10H2,1H3. The largest absolute Gasteiger partial charge is 0.496 e. The van der Waals surface area contributed by atoms with E-state index in [0.717, 1.165) is 47.4 Å². The zero-order chi connectivity index (χ0) is 14.9. The minimum absolute atomic E-state index is 0.00282. The van der Waals surface area contributed by atoms with Crippen molar-refractivity contribution >= 4 is 27.7 Å². The summed E-state index contributed by atoms with van der Waals surface area (Å²) in [6.45, 7) is 0.751. The number of ether oxygens (including phenoxy) is 2. The summed E-state index contributed by atoms with van der Waals surface area (Å²) in [7, 11) is 1.65. The van der Waals surface area contributed by atoms with Crippen LogP contribution in [0.15, 0.2) is 22.7 Å². The van der Waals surface area contributed by atoms with E-state index in [0.29, 0.717) is 0 Å². The number of aliphatic hydroxyl groups is 1. The fourth-order valence-corrected chi connectivity index (χ4v) is 5.10. The van der Waals surface area contributed by atoms with Gasteiger partial charge in [-0.2, -0.15) is 11.8 Å². The van der Waals surface area contributed by atoms with Crippen molar-refractivity contribution in [1.82, 2.24) is 0 Å². The maximum atomic E-state index is 10.8. The van der Waals surface area contributed by atoms with Crippen molar-refractivity contribution in [3.05, 3.63) is 28.2 Å². The molecule has 2 aliphatic heterocycles. The van der Waals surface area contributed by atoms with Crippen molar-refractivity contribution in [3.8, 4) is 5.75 Å². The number of aliphatic hydroxyl groups excluding tert-OH is 1. The molecular formula is C16H21BrO3S. The number of rotatable bonds is 3. The van der Waals surface area contributed by atoms with Crippen LogP contribution in [0.2, 0.25) is 0 Å². The summed E-state index contributed by atoms with van der Waals surface area (Å²) < 4.78 is 12.4. The molecule has 3 unspecified atom stereocenters.